The van der Waals surface area contributed by atoms with E-state index in [0.717, 1.165) is 44.5 Å². The molecule has 3 N–H and O–H groups in total. The SMILES string of the molecule is CCN(CC)c1ccc(NC(=O)C2(N)CCCC2)cc1. The van der Waals surface area contributed by atoms with Crippen molar-refractivity contribution in [1.82, 2.24) is 0 Å². The summed E-state index contributed by atoms with van der Waals surface area (Å²) >= 11 is 0. The van der Waals surface area contributed by atoms with E-state index in [1.807, 2.05) is 24.3 Å². The molecule has 1 fully saturated rings. The molecule has 1 aromatic rings. The molecule has 1 aliphatic carbocycles. The Morgan fingerprint density at radius 2 is 1.75 bits per heavy atom. The van der Waals surface area contributed by atoms with Crippen molar-refractivity contribution < 1.29 is 4.79 Å². The summed E-state index contributed by atoms with van der Waals surface area (Å²) < 4.78 is 0. The Kier molecular flexibility index (Phi) is 4.65. The summed E-state index contributed by atoms with van der Waals surface area (Å²) in [4.78, 5) is 14.5. The monoisotopic (exact) mass is 275 g/mol. The fourth-order valence-electron chi connectivity index (χ4n) is 2.83. The lowest BCUT2D eigenvalue weighted by Gasteiger charge is -2.23. The van der Waals surface area contributed by atoms with Gasteiger partial charge in [-0.25, -0.2) is 0 Å². The molecular weight excluding hydrogens is 250 g/mol. The topological polar surface area (TPSA) is 58.4 Å². The van der Waals surface area contributed by atoms with Crippen LogP contribution >= 0.6 is 0 Å². The van der Waals surface area contributed by atoms with Crippen LogP contribution in [0, 0.1) is 0 Å². The average Bonchev–Trinajstić information content (AvgIpc) is 2.90. The van der Waals surface area contributed by atoms with Crippen molar-refractivity contribution in [2.24, 2.45) is 5.73 Å². The van der Waals surface area contributed by atoms with Gasteiger partial charge in [-0.2, -0.15) is 0 Å². The number of amides is 1. The first-order chi connectivity index (χ1) is 9.59. The highest BCUT2D eigenvalue weighted by molar-refractivity contribution is 5.98. The lowest BCUT2D eigenvalue weighted by atomic mass is 9.98. The Hall–Kier alpha value is -1.55. The van der Waals surface area contributed by atoms with Crippen LogP contribution in [0.1, 0.15) is 39.5 Å². The fraction of sp³-hybridized carbons (Fsp3) is 0.562. The van der Waals surface area contributed by atoms with Gasteiger partial charge in [-0.05, 0) is 51.0 Å². The molecule has 2 rings (SSSR count). The van der Waals surface area contributed by atoms with E-state index >= 15 is 0 Å². The molecule has 0 spiro atoms. The smallest absolute Gasteiger partial charge is 0.244 e. The molecular formula is C16H25N3O. The first-order valence-corrected chi connectivity index (χ1v) is 7.54. The van der Waals surface area contributed by atoms with Crippen molar-refractivity contribution >= 4 is 17.3 Å². The summed E-state index contributed by atoms with van der Waals surface area (Å²) in [6.07, 6.45) is 3.67. The molecule has 0 unspecified atom stereocenters. The minimum absolute atomic E-state index is 0.0504. The van der Waals surface area contributed by atoms with E-state index in [1.165, 1.54) is 5.69 Å². The summed E-state index contributed by atoms with van der Waals surface area (Å²) in [6.45, 7) is 6.23. The molecule has 4 heteroatoms. The normalized spacial score (nSPS) is 16.9. The molecule has 0 radical (unpaired) electrons. The molecule has 0 saturated heterocycles. The zero-order valence-corrected chi connectivity index (χ0v) is 12.5. The van der Waals surface area contributed by atoms with E-state index in [2.05, 4.69) is 24.1 Å². The van der Waals surface area contributed by atoms with Gasteiger partial charge in [0.2, 0.25) is 5.91 Å². The Labute approximate surface area is 121 Å². The highest BCUT2D eigenvalue weighted by atomic mass is 16.2. The molecule has 110 valence electrons. The Morgan fingerprint density at radius 3 is 2.25 bits per heavy atom. The number of carbonyl (C=O) groups excluding carboxylic acids is 1. The molecule has 1 aromatic carbocycles. The maximum Gasteiger partial charge on any atom is 0.244 e. The molecule has 0 aromatic heterocycles. The maximum atomic E-state index is 12.2. The number of hydrogen-bond donors (Lipinski definition) is 2. The van der Waals surface area contributed by atoms with Gasteiger partial charge in [0.05, 0.1) is 5.54 Å². The zero-order chi connectivity index (χ0) is 14.6. The summed E-state index contributed by atoms with van der Waals surface area (Å²) in [7, 11) is 0. The zero-order valence-electron chi connectivity index (χ0n) is 12.5. The lowest BCUT2D eigenvalue weighted by molar-refractivity contribution is -0.121. The van der Waals surface area contributed by atoms with Crippen LogP contribution in [0.2, 0.25) is 0 Å². The van der Waals surface area contributed by atoms with Crippen LogP contribution in [0.3, 0.4) is 0 Å². The van der Waals surface area contributed by atoms with Crippen LogP contribution in [-0.4, -0.2) is 24.5 Å². The molecule has 0 heterocycles. The molecule has 0 atom stereocenters. The van der Waals surface area contributed by atoms with Crippen LogP contribution < -0.4 is 16.0 Å². The number of anilines is 2. The van der Waals surface area contributed by atoms with Gasteiger partial charge in [0.1, 0.15) is 0 Å². The van der Waals surface area contributed by atoms with Gasteiger partial charge in [-0.3, -0.25) is 4.79 Å². The van der Waals surface area contributed by atoms with Crippen molar-refractivity contribution in [1.29, 1.82) is 0 Å². The maximum absolute atomic E-state index is 12.2. The average molecular weight is 275 g/mol. The standard InChI is InChI=1S/C16H25N3O/c1-3-19(4-2)14-9-7-13(8-10-14)18-15(20)16(17)11-5-6-12-16/h7-10H,3-6,11-12,17H2,1-2H3,(H,18,20). The summed E-state index contributed by atoms with van der Waals surface area (Å²) in [5.41, 5.74) is 7.48. The van der Waals surface area contributed by atoms with Crippen molar-refractivity contribution in [3.8, 4) is 0 Å². The van der Waals surface area contributed by atoms with Crippen LogP contribution in [0.15, 0.2) is 24.3 Å². The molecule has 0 aliphatic heterocycles. The Bertz CT molecular complexity index is 445. The molecule has 1 aliphatic rings. The largest absolute Gasteiger partial charge is 0.372 e. The third kappa shape index (κ3) is 3.12. The van der Waals surface area contributed by atoms with Crippen molar-refractivity contribution in [2.75, 3.05) is 23.3 Å². The second-order valence-corrected chi connectivity index (χ2v) is 5.54. The van der Waals surface area contributed by atoms with Crippen LogP contribution in [0.5, 0.6) is 0 Å². The molecule has 20 heavy (non-hydrogen) atoms. The number of nitrogens with two attached hydrogens (primary N) is 1. The van der Waals surface area contributed by atoms with Gasteiger partial charge in [0.25, 0.3) is 0 Å². The van der Waals surface area contributed by atoms with Crippen LogP contribution in [0.25, 0.3) is 0 Å². The fourth-order valence-corrected chi connectivity index (χ4v) is 2.83. The molecule has 1 amide bonds. The summed E-state index contributed by atoms with van der Waals surface area (Å²) in [5.74, 6) is -0.0504. The van der Waals surface area contributed by atoms with Gasteiger partial charge in [0, 0.05) is 24.5 Å². The first kappa shape index (κ1) is 14.9. The van der Waals surface area contributed by atoms with Crippen molar-refractivity contribution in [2.45, 2.75) is 45.1 Å². The minimum Gasteiger partial charge on any atom is -0.372 e. The number of benzene rings is 1. The number of hydrogen-bond acceptors (Lipinski definition) is 3. The van der Waals surface area contributed by atoms with Gasteiger partial charge in [-0.15, -0.1) is 0 Å². The minimum atomic E-state index is -0.669. The Balaban J connectivity index is 2.02. The number of rotatable bonds is 5. The van der Waals surface area contributed by atoms with E-state index in [-0.39, 0.29) is 5.91 Å². The quantitative estimate of drug-likeness (QED) is 0.868. The number of nitrogens with one attached hydrogen (secondary N) is 1. The summed E-state index contributed by atoms with van der Waals surface area (Å²) in [6, 6.07) is 7.98. The number of nitrogens with zero attached hydrogens (tertiary/aromatic N) is 1. The molecule has 0 bridgehead atoms. The van der Waals surface area contributed by atoms with Gasteiger partial charge < -0.3 is 16.0 Å². The highest BCUT2D eigenvalue weighted by Crippen LogP contribution is 2.28. The third-order valence-electron chi connectivity index (χ3n) is 4.20. The van der Waals surface area contributed by atoms with Gasteiger partial charge in [-0.1, -0.05) is 12.8 Å². The van der Waals surface area contributed by atoms with Crippen molar-refractivity contribution in [3.05, 3.63) is 24.3 Å². The van der Waals surface area contributed by atoms with E-state index in [9.17, 15) is 4.79 Å². The molecule has 1 saturated carbocycles. The van der Waals surface area contributed by atoms with Crippen molar-refractivity contribution in [3.63, 3.8) is 0 Å². The Morgan fingerprint density at radius 1 is 1.20 bits per heavy atom. The lowest BCUT2D eigenvalue weighted by Crippen LogP contribution is -2.48. The van der Waals surface area contributed by atoms with E-state index in [4.69, 9.17) is 5.73 Å². The van der Waals surface area contributed by atoms with E-state index in [1.54, 1.807) is 0 Å². The predicted octanol–water partition coefficient (Wildman–Crippen LogP) is 2.74. The van der Waals surface area contributed by atoms with Gasteiger partial charge >= 0.3 is 0 Å². The van der Waals surface area contributed by atoms with Crippen LogP contribution in [-0.2, 0) is 4.79 Å². The second kappa shape index (κ2) is 6.27. The third-order valence-corrected chi connectivity index (χ3v) is 4.20. The highest BCUT2D eigenvalue weighted by Gasteiger charge is 2.36. The predicted molar refractivity (Wildman–Crippen MR) is 84.0 cm³/mol. The molecule has 4 nitrogen and oxygen atoms in total. The van der Waals surface area contributed by atoms with Crippen LogP contribution in [0.4, 0.5) is 11.4 Å². The number of carbonyl (C=O) groups is 1. The second-order valence-electron chi connectivity index (χ2n) is 5.54. The first-order valence-electron chi connectivity index (χ1n) is 7.54. The van der Waals surface area contributed by atoms with Gasteiger partial charge in [0.15, 0.2) is 0 Å². The summed E-state index contributed by atoms with van der Waals surface area (Å²) in [5, 5.41) is 2.94. The van der Waals surface area contributed by atoms with E-state index in [0.29, 0.717) is 0 Å². The van der Waals surface area contributed by atoms with E-state index < -0.39 is 5.54 Å².